The highest BCUT2D eigenvalue weighted by Crippen LogP contribution is 2.30. The number of morpholine rings is 1. The summed E-state index contributed by atoms with van der Waals surface area (Å²) in [6.45, 7) is 8.90. The number of amides is 1. The number of nitrogens with one attached hydrogen (secondary N) is 1. The number of rotatable bonds is 8. The first-order chi connectivity index (χ1) is 16.2. The maximum absolute atomic E-state index is 13.2. The summed E-state index contributed by atoms with van der Waals surface area (Å²) in [6, 6.07) is 5.90. The van der Waals surface area contributed by atoms with Crippen molar-refractivity contribution in [3.63, 3.8) is 0 Å². The molecule has 0 spiro atoms. The zero-order valence-corrected chi connectivity index (χ0v) is 19.7. The second-order valence-corrected chi connectivity index (χ2v) is 8.46. The summed E-state index contributed by atoms with van der Waals surface area (Å²) in [5.74, 6) is -0.291. The summed E-state index contributed by atoms with van der Waals surface area (Å²) in [5.41, 5.74) is -1.33. The minimum atomic E-state index is -4.52. The van der Waals surface area contributed by atoms with Crippen molar-refractivity contribution < 1.29 is 22.7 Å². The van der Waals surface area contributed by atoms with Gasteiger partial charge in [-0.05, 0) is 31.0 Å². The summed E-state index contributed by atoms with van der Waals surface area (Å²) < 4.78 is 46.1. The van der Waals surface area contributed by atoms with Crippen LogP contribution in [0.15, 0.2) is 35.1 Å². The number of aromatic nitrogens is 2. The number of carbonyl (C=O) groups is 1. The van der Waals surface area contributed by atoms with E-state index in [-0.39, 0.29) is 17.4 Å². The Bertz CT molecular complexity index is 1040. The Kier molecular flexibility index (Phi) is 8.48. The fraction of sp³-hybridized carbons (Fsp3) is 0.542. The molecule has 1 fully saturated rings. The number of aryl methyl sites for hydroxylation is 1. The molecule has 2 heterocycles. The Morgan fingerprint density at radius 3 is 2.47 bits per heavy atom. The summed E-state index contributed by atoms with van der Waals surface area (Å²) >= 11 is 0. The van der Waals surface area contributed by atoms with Gasteiger partial charge in [0.2, 0.25) is 5.43 Å². The number of hydrogen-bond donors (Lipinski definition) is 1. The van der Waals surface area contributed by atoms with Crippen molar-refractivity contribution in [2.45, 2.75) is 45.8 Å². The van der Waals surface area contributed by atoms with E-state index in [1.807, 2.05) is 0 Å². The molecule has 0 aliphatic carbocycles. The van der Waals surface area contributed by atoms with Crippen molar-refractivity contribution in [2.75, 3.05) is 32.8 Å². The van der Waals surface area contributed by atoms with Gasteiger partial charge in [0.05, 0.1) is 24.5 Å². The lowest BCUT2D eigenvalue weighted by Crippen LogP contribution is -2.52. The van der Waals surface area contributed by atoms with Crippen LogP contribution in [0, 0.1) is 12.8 Å². The third-order valence-corrected chi connectivity index (χ3v) is 6.32. The molecule has 0 saturated carbocycles. The molecule has 1 saturated heterocycles. The average Bonchev–Trinajstić information content (AvgIpc) is 2.81. The molecule has 1 amide bonds. The van der Waals surface area contributed by atoms with E-state index < -0.39 is 23.1 Å². The number of halogens is 3. The zero-order valence-electron chi connectivity index (χ0n) is 19.7. The number of benzene rings is 1. The largest absolute Gasteiger partial charge is 0.416 e. The van der Waals surface area contributed by atoms with Gasteiger partial charge in [0.15, 0.2) is 5.69 Å². The van der Waals surface area contributed by atoms with E-state index in [0.717, 1.165) is 38.1 Å². The number of ether oxygens (including phenoxy) is 1. The Balaban J connectivity index is 1.85. The van der Waals surface area contributed by atoms with Crippen LogP contribution in [0.2, 0.25) is 0 Å². The van der Waals surface area contributed by atoms with Gasteiger partial charge in [-0.15, -0.1) is 0 Å². The summed E-state index contributed by atoms with van der Waals surface area (Å²) in [7, 11) is 0. The van der Waals surface area contributed by atoms with E-state index in [0.29, 0.717) is 31.4 Å². The van der Waals surface area contributed by atoms with Crippen LogP contribution in [-0.4, -0.2) is 59.5 Å². The van der Waals surface area contributed by atoms with Gasteiger partial charge in [-0.3, -0.25) is 14.5 Å². The molecule has 1 atom stereocenters. The van der Waals surface area contributed by atoms with Crippen LogP contribution in [-0.2, 0) is 10.9 Å². The van der Waals surface area contributed by atoms with E-state index in [9.17, 15) is 22.8 Å². The fourth-order valence-electron chi connectivity index (χ4n) is 4.40. The predicted molar refractivity (Wildman–Crippen MR) is 122 cm³/mol. The first kappa shape index (κ1) is 25.9. The quantitative estimate of drug-likeness (QED) is 0.627. The molecule has 3 rings (SSSR count). The molecule has 0 radical (unpaired) electrons. The van der Waals surface area contributed by atoms with Crippen LogP contribution in [0.3, 0.4) is 0 Å². The van der Waals surface area contributed by atoms with Crippen molar-refractivity contribution in [3.05, 3.63) is 57.5 Å². The summed E-state index contributed by atoms with van der Waals surface area (Å²) in [5, 5.41) is 6.97. The third-order valence-electron chi connectivity index (χ3n) is 6.32. The maximum Gasteiger partial charge on any atom is 0.416 e. The molecule has 1 aliphatic rings. The molecular formula is C24H31F3N4O3. The van der Waals surface area contributed by atoms with Gasteiger partial charge < -0.3 is 10.1 Å². The first-order valence-corrected chi connectivity index (χ1v) is 11.5. The van der Waals surface area contributed by atoms with Gasteiger partial charge in [-0.2, -0.15) is 18.3 Å². The molecule has 1 unspecified atom stereocenters. The lowest BCUT2D eigenvalue weighted by molar-refractivity contribution is -0.137. The van der Waals surface area contributed by atoms with E-state index in [2.05, 4.69) is 29.2 Å². The van der Waals surface area contributed by atoms with Crippen molar-refractivity contribution in [2.24, 2.45) is 5.92 Å². The minimum absolute atomic E-state index is 0.0824. The van der Waals surface area contributed by atoms with Crippen LogP contribution in [0.5, 0.6) is 0 Å². The zero-order chi connectivity index (χ0) is 24.9. The number of hydrogen-bond acceptors (Lipinski definition) is 5. The van der Waals surface area contributed by atoms with Gasteiger partial charge in [0.25, 0.3) is 5.91 Å². The van der Waals surface area contributed by atoms with E-state index in [4.69, 9.17) is 4.74 Å². The van der Waals surface area contributed by atoms with Crippen molar-refractivity contribution >= 4 is 5.91 Å². The first-order valence-electron chi connectivity index (χ1n) is 11.5. The van der Waals surface area contributed by atoms with Gasteiger partial charge >= 0.3 is 6.18 Å². The number of alkyl halides is 3. The topological polar surface area (TPSA) is 76.5 Å². The summed E-state index contributed by atoms with van der Waals surface area (Å²) in [6.07, 6.45) is -2.63. The molecule has 186 valence electrons. The lowest BCUT2D eigenvalue weighted by Gasteiger charge is -2.38. The fourth-order valence-corrected chi connectivity index (χ4v) is 4.40. The molecule has 1 aromatic heterocycles. The second-order valence-electron chi connectivity index (χ2n) is 8.46. The monoisotopic (exact) mass is 480 g/mol. The molecule has 1 aromatic carbocycles. The van der Waals surface area contributed by atoms with Gasteiger partial charge in [0.1, 0.15) is 0 Å². The van der Waals surface area contributed by atoms with Crippen LogP contribution in [0.4, 0.5) is 13.2 Å². The molecule has 0 bridgehead atoms. The molecule has 1 N–H and O–H groups in total. The van der Waals surface area contributed by atoms with Crippen molar-refractivity contribution in [1.29, 1.82) is 0 Å². The van der Waals surface area contributed by atoms with E-state index >= 15 is 0 Å². The van der Waals surface area contributed by atoms with Crippen molar-refractivity contribution in [3.8, 4) is 5.69 Å². The van der Waals surface area contributed by atoms with Crippen LogP contribution >= 0.6 is 0 Å². The summed E-state index contributed by atoms with van der Waals surface area (Å²) in [4.78, 5) is 27.8. The molecule has 2 aromatic rings. The SMILES string of the molecule is CCC(CC)C(CNC(=O)c1nn(-c2cccc(C(F)(F)F)c2)c(C)cc1=O)N1CCOCC1. The van der Waals surface area contributed by atoms with Gasteiger partial charge in [-0.25, -0.2) is 4.68 Å². The van der Waals surface area contributed by atoms with Crippen molar-refractivity contribution in [1.82, 2.24) is 20.0 Å². The smallest absolute Gasteiger partial charge is 0.379 e. The molecule has 1 aliphatic heterocycles. The lowest BCUT2D eigenvalue weighted by atomic mass is 9.92. The van der Waals surface area contributed by atoms with Crippen LogP contribution in [0.25, 0.3) is 5.69 Å². The molecule has 34 heavy (non-hydrogen) atoms. The minimum Gasteiger partial charge on any atom is -0.379 e. The number of carbonyl (C=O) groups excluding carboxylic acids is 1. The highest BCUT2D eigenvalue weighted by atomic mass is 19.4. The second kappa shape index (κ2) is 11.1. The van der Waals surface area contributed by atoms with Crippen LogP contribution in [0.1, 0.15) is 48.4 Å². The Morgan fingerprint density at radius 1 is 1.18 bits per heavy atom. The normalized spacial score (nSPS) is 16.0. The molecular weight excluding hydrogens is 449 g/mol. The highest BCUT2D eigenvalue weighted by molar-refractivity contribution is 5.92. The van der Waals surface area contributed by atoms with Crippen LogP contribution < -0.4 is 10.7 Å². The Morgan fingerprint density at radius 2 is 1.85 bits per heavy atom. The maximum atomic E-state index is 13.2. The van der Waals surface area contributed by atoms with E-state index in [1.165, 1.54) is 22.9 Å². The Hall–Kier alpha value is -2.72. The third kappa shape index (κ3) is 6.04. The predicted octanol–water partition coefficient (Wildman–Crippen LogP) is 3.43. The highest BCUT2D eigenvalue weighted by Gasteiger charge is 2.31. The Labute approximate surface area is 196 Å². The van der Waals surface area contributed by atoms with E-state index in [1.54, 1.807) is 6.92 Å². The number of nitrogens with zero attached hydrogens (tertiary/aromatic N) is 3. The average molecular weight is 481 g/mol. The molecule has 7 nitrogen and oxygen atoms in total. The molecule has 10 heteroatoms. The standard InChI is InChI=1S/C24H31F3N4O3/c1-4-17(5-2)20(30-9-11-34-12-10-30)15-28-23(33)22-21(32)13-16(3)31(29-22)19-8-6-7-18(14-19)24(25,26)27/h6-8,13-14,17,20H,4-5,9-12,15H2,1-3H3,(H,28,33). The van der Waals surface area contributed by atoms with Gasteiger partial charge in [-0.1, -0.05) is 32.8 Å². The van der Waals surface area contributed by atoms with Gasteiger partial charge in [0, 0.05) is 37.4 Å².